The second-order valence-electron chi connectivity index (χ2n) is 5.73. The Hall–Kier alpha value is -2.21. The standard InChI is InChI=1S/C17H22FN5/c18-14-5-3-6-15(13-14)21-17-20-9-7-16(22-17)19-8-4-12-23-10-1-2-11-23/h3,5-7,9,13H,1-2,4,8,10-12H2,(H2,19,20,21,22). The van der Waals surface area contributed by atoms with Gasteiger partial charge in [0.1, 0.15) is 11.6 Å². The van der Waals surface area contributed by atoms with E-state index in [4.69, 9.17) is 0 Å². The van der Waals surface area contributed by atoms with Crippen molar-refractivity contribution in [2.75, 3.05) is 36.8 Å². The molecular weight excluding hydrogens is 293 g/mol. The van der Waals surface area contributed by atoms with E-state index in [1.165, 1.54) is 38.1 Å². The molecule has 1 aliphatic rings. The molecule has 122 valence electrons. The number of halogens is 1. The molecule has 2 N–H and O–H groups in total. The summed E-state index contributed by atoms with van der Waals surface area (Å²) in [5.41, 5.74) is 0.635. The summed E-state index contributed by atoms with van der Waals surface area (Å²) < 4.78 is 13.2. The first-order valence-corrected chi connectivity index (χ1v) is 8.11. The highest BCUT2D eigenvalue weighted by molar-refractivity contribution is 5.54. The topological polar surface area (TPSA) is 53.1 Å². The van der Waals surface area contributed by atoms with E-state index in [1.807, 2.05) is 6.07 Å². The molecule has 1 aromatic carbocycles. The van der Waals surface area contributed by atoms with Crippen molar-refractivity contribution in [3.63, 3.8) is 0 Å². The van der Waals surface area contributed by atoms with Crippen molar-refractivity contribution < 1.29 is 4.39 Å². The summed E-state index contributed by atoms with van der Waals surface area (Å²) in [6, 6.07) is 8.09. The molecule has 0 atom stereocenters. The van der Waals surface area contributed by atoms with Gasteiger partial charge in [-0.3, -0.25) is 0 Å². The van der Waals surface area contributed by atoms with Crippen LogP contribution in [0.1, 0.15) is 19.3 Å². The second-order valence-corrected chi connectivity index (χ2v) is 5.73. The zero-order chi connectivity index (χ0) is 15.9. The molecular formula is C17H22FN5. The van der Waals surface area contributed by atoms with Crippen molar-refractivity contribution in [2.45, 2.75) is 19.3 Å². The zero-order valence-corrected chi connectivity index (χ0v) is 13.1. The fourth-order valence-electron chi connectivity index (χ4n) is 2.74. The minimum absolute atomic E-state index is 0.286. The van der Waals surface area contributed by atoms with Crippen LogP contribution in [0, 0.1) is 5.82 Å². The Labute approximate surface area is 136 Å². The normalized spacial score (nSPS) is 14.8. The van der Waals surface area contributed by atoms with Gasteiger partial charge in [-0.05, 0) is 63.2 Å². The van der Waals surface area contributed by atoms with Gasteiger partial charge in [-0.2, -0.15) is 4.98 Å². The third kappa shape index (κ3) is 4.89. The van der Waals surface area contributed by atoms with Gasteiger partial charge in [0.2, 0.25) is 5.95 Å². The minimum Gasteiger partial charge on any atom is -0.370 e. The number of rotatable bonds is 7. The summed E-state index contributed by atoms with van der Waals surface area (Å²) in [4.78, 5) is 11.1. The molecule has 0 amide bonds. The number of aromatic nitrogens is 2. The van der Waals surface area contributed by atoms with Crippen molar-refractivity contribution in [1.29, 1.82) is 0 Å². The summed E-state index contributed by atoms with van der Waals surface area (Å²) in [6.45, 7) is 4.48. The van der Waals surface area contributed by atoms with Gasteiger partial charge in [-0.1, -0.05) is 6.07 Å². The predicted molar refractivity (Wildman–Crippen MR) is 90.5 cm³/mol. The molecule has 0 unspecified atom stereocenters. The maximum atomic E-state index is 13.2. The molecule has 3 rings (SSSR count). The number of anilines is 3. The fraction of sp³-hybridized carbons (Fsp3) is 0.412. The van der Waals surface area contributed by atoms with E-state index in [1.54, 1.807) is 18.3 Å². The monoisotopic (exact) mass is 315 g/mol. The van der Waals surface area contributed by atoms with E-state index in [0.717, 1.165) is 25.3 Å². The molecule has 2 aromatic rings. The molecule has 0 saturated carbocycles. The van der Waals surface area contributed by atoms with Crippen molar-refractivity contribution in [3.8, 4) is 0 Å². The average molecular weight is 315 g/mol. The van der Waals surface area contributed by atoms with Gasteiger partial charge in [-0.25, -0.2) is 9.37 Å². The lowest BCUT2D eigenvalue weighted by molar-refractivity contribution is 0.337. The highest BCUT2D eigenvalue weighted by Gasteiger charge is 2.10. The van der Waals surface area contributed by atoms with Crippen LogP contribution >= 0.6 is 0 Å². The summed E-state index contributed by atoms with van der Waals surface area (Å²) in [7, 11) is 0. The number of benzene rings is 1. The number of likely N-dealkylation sites (tertiary alicyclic amines) is 1. The van der Waals surface area contributed by atoms with Gasteiger partial charge in [0.25, 0.3) is 0 Å². The van der Waals surface area contributed by atoms with Crippen molar-refractivity contribution >= 4 is 17.5 Å². The van der Waals surface area contributed by atoms with Gasteiger partial charge >= 0.3 is 0 Å². The summed E-state index contributed by atoms with van der Waals surface area (Å²) in [6.07, 6.45) is 5.44. The Morgan fingerprint density at radius 3 is 2.87 bits per heavy atom. The minimum atomic E-state index is -0.286. The van der Waals surface area contributed by atoms with E-state index in [-0.39, 0.29) is 5.82 Å². The van der Waals surface area contributed by atoms with Crippen LogP contribution < -0.4 is 10.6 Å². The molecule has 2 heterocycles. The molecule has 1 aliphatic heterocycles. The Morgan fingerprint density at radius 2 is 2.04 bits per heavy atom. The van der Waals surface area contributed by atoms with Gasteiger partial charge in [-0.15, -0.1) is 0 Å². The molecule has 1 aromatic heterocycles. The molecule has 0 spiro atoms. The van der Waals surface area contributed by atoms with Crippen LogP contribution in [0.15, 0.2) is 36.5 Å². The lowest BCUT2D eigenvalue weighted by Crippen LogP contribution is -2.22. The maximum absolute atomic E-state index is 13.2. The van der Waals surface area contributed by atoms with E-state index < -0.39 is 0 Å². The predicted octanol–water partition coefficient (Wildman–Crippen LogP) is 3.26. The van der Waals surface area contributed by atoms with Crippen LogP contribution in [-0.4, -0.2) is 41.0 Å². The smallest absolute Gasteiger partial charge is 0.229 e. The molecule has 5 nitrogen and oxygen atoms in total. The van der Waals surface area contributed by atoms with Crippen LogP contribution in [0.2, 0.25) is 0 Å². The van der Waals surface area contributed by atoms with Gasteiger partial charge < -0.3 is 15.5 Å². The van der Waals surface area contributed by atoms with Crippen LogP contribution in [-0.2, 0) is 0 Å². The Kier molecular flexibility index (Phi) is 5.37. The zero-order valence-electron chi connectivity index (χ0n) is 13.1. The third-order valence-electron chi connectivity index (χ3n) is 3.89. The lowest BCUT2D eigenvalue weighted by atomic mass is 10.3. The Morgan fingerprint density at radius 1 is 1.17 bits per heavy atom. The number of nitrogens with zero attached hydrogens (tertiary/aromatic N) is 3. The van der Waals surface area contributed by atoms with Crippen molar-refractivity contribution in [3.05, 3.63) is 42.3 Å². The molecule has 0 bridgehead atoms. The Bertz CT molecular complexity index is 628. The summed E-state index contributed by atoms with van der Waals surface area (Å²) in [5.74, 6) is 0.951. The van der Waals surface area contributed by atoms with Crippen LogP contribution in [0.25, 0.3) is 0 Å². The summed E-state index contributed by atoms with van der Waals surface area (Å²) >= 11 is 0. The van der Waals surface area contributed by atoms with Crippen LogP contribution in [0.4, 0.5) is 21.8 Å². The highest BCUT2D eigenvalue weighted by Crippen LogP contribution is 2.15. The van der Waals surface area contributed by atoms with Gasteiger partial charge in [0.15, 0.2) is 0 Å². The molecule has 23 heavy (non-hydrogen) atoms. The molecule has 6 heteroatoms. The van der Waals surface area contributed by atoms with E-state index in [2.05, 4.69) is 25.5 Å². The quantitative estimate of drug-likeness (QED) is 0.768. The van der Waals surface area contributed by atoms with E-state index in [0.29, 0.717) is 11.6 Å². The first kappa shape index (κ1) is 15.7. The largest absolute Gasteiger partial charge is 0.370 e. The molecule has 1 fully saturated rings. The first-order chi connectivity index (χ1) is 11.3. The Balaban J connectivity index is 1.48. The first-order valence-electron chi connectivity index (χ1n) is 8.11. The number of hydrogen-bond acceptors (Lipinski definition) is 5. The summed E-state index contributed by atoms with van der Waals surface area (Å²) in [5, 5.41) is 6.32. The van der Waals surface area contributed by atoms with Crippen molar-refractivity contribution in [1.82, 2.24) is 14.9 Å². The fourth-order valence-corrected chi connectivity index (χ4v) is 2.74. The van der Waals surface area contributed by atoms with Gasteiger partial charge in [0, 0.05) is 18.4 Å². The highest BCUT2D eigenvalue weighted by atomic mass is 19.1. The van der Waals surface area contributed by atoms with E-state index in [9.17, 15) is 4.39 Å². The third-order valence-corrected chi connectivity index (χ3v) is 3.89. The number of nitrogens with one attached hydrogen (secondary N) is 2. The van der Waals surface area contributed by atoms with Crippen molar-refractivity contribution in [2.24, 2.45) is 0 Å². The number of hydrogen-bond donors (Lipinski definition) is 2. The molecule has 0 aliphatic carbocycles. The lowest BCUT2D eigenvalue weighted by Gasteiger charge is -2.14. The van der Waals surface area contributed by atoms with Crippen LogP contribution in [0.5, 0.6) is 0 Å². The average Bonchev–Trinajstić information content (AvgIpc) is 3.05. The van der Waals surface area contributed by atoms with Crippen LogP contribution in [0.3, 0.4) is 0 Å². The van der Waals surface area contributed by atoms with E-state index >= 15 is 0 Å². The maximum Gasteiger partial charge on any atom is 0.229 e. The second kappa shape index (κ2) is 7.87. The SMILES string of the molecule is Fc1cccc(Nc2nccc(NCCCN3CCCC3)n2)c1. The molecule has 1 saturated heterocycles. The molecule has 0 radical (unpaired) electrons. The van der Waals surface area contributed by atoms with Gasteiger partial charge in [0.05, 0.1) is 0 Å².